The second kappa shape index (κ2) is 7.11. The maximum absolute atomic E-state index is 12.5. The molecule has 1 aromatic carbocycles. The van der Waals surface area contributed by atoms with Crippen molar-refractivity contribution < 1.29 is 14.6 Å². The van der Waals surface area contributed by atoms with Gasteiger partial charge in [-0.3, -0.25) is 0 Å². The van der Waals surface area contributed by atoms with Gasteiger partial charge >= 0.3 is 6.03 Å². The Morgan fingerprint density at radius 3 is 2.62 bits per heavy atom. The molecule has 1 spiro atoms. The Kier molecular flexibility index (Phi) is 5.11. The third-order valence-corrected chi connectivity index (χ3v) is 5.73. The van der Waals surface area contributed by atoms with Crippen LogP contribution in [0.4, 0.5) is 4.79 Å². The van der Waals surface area contributed by atoms with Crippen molar-refractivity contribution >= 4 is 6.03 Å². The van der Waals surface area contributed by atoms with Crippen molar-refractivity contribution in [2.75, 3.05) is 19.7 Å². The van der Waals surface area contributed by atoms with Crippen molar-refractivity contribution in [3.63, 3.8) is 0 Å². The number of likely N-dealkylation sites (tertiary alicyclic amines) is 1. The highest BCUT2D eigenvalue weighted by molar-refractivity contribution is 5.74. The lowest BCUT2D eigenvalue weighted by Crippen LogP contribution is -2.63. The number of nitrogens with zero attached hydrogens (tertiary/aromatic N) is 1. The lowest BCUT2D eigenvalue weighted by Gasteiger charge is -2.56. The molecule has 2 amide bonds. The number of ether oxygens (including phenoxy) is 1. The van der Waals surface area contributed by atoms with Crippen molar-refractivity contribution in [2.45, 2.75) is 51.4 Å². The molecule has 1 aliphatic heterocycles. The first-order valence-corrected chi connectivity index (χ1v) is 8.97. The number of rotatable bonds is 4. The third-order valence-electron chi connectivity index (χ3n) is 5.73. The van der Waals surface area contributed by atoms with Crippen molar-refractivity contribution in [2.24, 2.45) is 5.41 Å². The number of piperidine rings is 1. The summed E-state index contributed by atoms with van der Waals surface area (Å²) in [5.41, 5.74) is 0.961. The van der Waals surface area contributed by atoms with Crippen LogP contribution in [0.1, 0.15) is 44.7 Å². The van der Waals surface area contributed by atoms with Crippen molar-refractivity contribution in [1.29, 1.82) is 0 Å². The summed E-state index contributed by atoms with van der Waals surface area (Å²) in [6, 6.07) is 9.94. The molecule has 2 fully saturated rings. The molecule has 2 aliphatic rings. The molecule has 5 nitrogen and oxygen atoms in total. The van der Waals surface area contributed by atoms with Gasteiger partial charge in [-0.2, -0.15) is 0 Å². The second-order valence-corrected chi connectivity index (χ2v) is 7.00. The predicted octanol–water partition coefficient (Wildman–Crippen LogP) is 2.71. The Balaban J connectivity index is 1.54. The Morgan fingerprint density at radius 1 is 1.38 bits per heavy atom. The Morgan fingerprint density at radius 2 is 2.04 bits per heavy atom. The van der Waals surface area contributed by atoms with E-state index in [1.165, 1.54) is 0 Å². The summed E-state index contributed by atoms with van der Waals surface area (Å²) in [6.45, 7) is 6.02. The van der Waals surface area contributed by atoms with Crippen LogP contribution in [0.2, 0.25) is 0 Å². The zero-order chi connectivity index (χ0) is 17.2. The lowest BCUT2D eigenvalue weighted by atomic mass is 9.58. The number of nitrogens with one attached hydrogen (secondary N) is 1. The van der Waals surface area contributed by atoms with Crippen LogP contribution in [-0.4, -0.2) is 47.9 Å². The van der Waals surface area contributed by atoms with Crippen LogP contribution in [0.5, 0.6) is 0 Å². The number of carbonyl (C=O) groups is 1. The number of amides is 2. The van der Waals surface area contributed by atoms with Crippen LogP contribution in [0.25, 0.3) is 0 Å². The number of benzene rings is 1. The van der Waals surface area contributed by atoms with Crippen LogP contribution in [0, 0.1) is 5.41 Å². The van der Waals surface area contributed by atoms with E-state index in [9.17, 15) is 9.90 Å². The van der Waals surface area contributed by atoms with E-state index in [1.807, 2.05) is 49.1 Å². The van der Waals surface area contributed by atoms with E-state index >= 15 is 0 Å². The summed E-state index contributed by atoms with van der Waals surface area (Å²) in [5.74, 6) is 0. The summed E-state index contributed by atoms with van der Waals surface area (Å²) >= 11 is 0. The highest BCUT2D eigenvalue weighted by Crippen LogP contribution is 2.50. The molecule has 24 heavy (non-hydrogen) atoms. The normalized spacial score (nSPS) is 26.7. The van der Waals surface area contributed by atoms with Gasteiger partial charge in [0.1, 0.15) is 0 Å². The number of aliphatic hydroxyl groups excluding tert-OH is 1. The van der Waals surface area contributed by atoms with Crippen LogP contribution < -0.4 is 5.32 Å². The van der Waals surface area contributed by atoms with Crippen molar-refractivity contribution in [1.82, 2.24) is 10.2 Å². The number of carbonyl (C=O) groups excluding carboxylic acids is 1. The van der Waals surface area contributed by atoms with Gasteiger partial charge in [-0.1, -0.05) is 30.3 Å². The minimum absolute atomic E-state index is 0.0138. The number of urea groups is 1. The van der Waals surface area contributed by atoms with Crippen LogP contribution in [0.15, 0.2) is 30.3 Å². The molecule has 0 aromatic heterocycles. The van der Waals surface area contributed by atoms with Crippen LogP contribution in [0.3, 0.4) is 0 Å². The summed E-state index contributed by atoms with van der Waals surface area (Å²) in [5, 5.41) is 13.3. The molecule has 0 unspecified atom stereocenters. The molecule has 0 bridgehead atoms. The van der Waals surface area contributed by atoms with Gasteiger partial charge in [0.15, 0.2) is 0 Å². The minimum atomic E-state index is -0.289. The standard InChI is InChI=1S/C19H28N2O3/c1-3-24-17-13-16(22)19(17)9-11-21(12-10-19)18(23)20-14(2)15-7-5-4-6-8-15/h4-8,14,16-17,22H,3,9-13H2,1-2H3,(H,20,23)/t14-,16+,17-/m1/s1. The van der Waals surface area contributed by atoms with Gasteiger partial charge in [-0.15, -0.1) is 0 Å². The van der Waals surface area contributed by atoms with Gasteiger partial charge in [0.2, 0.25) is 0 Å². The molecule has 1 aromatic rings. The fourth-order valence-corrected chi connectivity index (χ4v) is 4.04. The summed E-state index contributed by atoms with van der Waals surface area (Å²) in [6.07, 6.45) is 2.21. The number of hydrogen-bond donors (Lipinski definition) is 2. The Bertz CT molecular complexity index is 553. The van der Waals surface area contributed by atoms with E-state index < -0.39 is 0 Å². The topological polar surface area (TPSA) is 61.8 Å². The maximum atomic E-state index is 12.5. The molecule has 2 N–H and O–H groups in total. The first-order chi connectivity index (χ1) is 11.6. The first kappa shape index (κ1) is 17.2. The third kappa shape index (κ3) is 3.15. The van der Waals surface area contributed by atoms with Crippen LogP contribution in [-0.2, 0) is 4.74 Å². The number of hydrogen-bond acceptors (Lipinski definition) is 3. The SMILES string of the molecule is CCO[C@@H]1C[C@H](O)C12CCN(C(=O)N[C@H](C)c1ccccc1)CC2. The number of aliphatic hydroxyl groups is 1. The lowest BCUT2D eigenvalue weighted by molar-refractivity contribution is -0.207. The smallest absolute Gasteiger partial charge is 0.317 e. The predicted molar refractivity (Wildman–Crippen MR) is 92.7 cm³/mol. The molecule has 1 heterocycles. The van der Waals surface area contributed by atoms with Gasteiger partial charge in [0.25, 0.3) is 0 Å². The average molecular weight is 332 g/mol. The fourth-order valence-electron chi connectivity index (χ4n) is 4.04. The highest BCUT2D eigenvalue weighted by atomic mass is 16.5. The highest BCUT2D eigenvalue weighted by Gasteiger charge is 2.56. The molecule has 0 radical (unpaired) electrons. The van der Waals surface area contributed by atoms with Crippen molar-refractivity contribution in [3.8, 4) is 0 Å². The van der Waals surface area contributed by atoms with Gasteiger partial charge in [-0.25, -0.2) is 4.79 Å². The van der Waals surface area contributed by atoms with Gasteiger partial charge < -0.3 is 20.1 Å². The molecule has 1 aliphatic carbocycles. The van der Waals surface area contributed by atoms with Crippen molar-refractivity contribution in [3.05, 3.63) is 35.9 Å². The summed E-state index contributed by atoms with van der Waals surface area (Å²) < 4.78 is 5.78. The molecule has 3 atom stereocenters. The van der Waals surface area contributed by atoms with E-state index in [4.69, 9.17) is 4.74 Å². The van der Waals surface area contributed by atoms with E-state index in [0.29, 0.717) is 19.7 Å². The average Bonchev–Trinajstić information content (AvgIpc) is 2.62. The molecule has 1 saturated carbocycles. The second-order valence-electron chi connectivity index (χ2n) is 7.00. The molecule has 1 saturated heterocycles. The minimum Gasteiger partial charge on any atom is -0.392 e. The quantitative estimate of drug-likeness (QED) is 0.891. The molecule has 3 rings (SSSR count). The largest absolute Gasteiger partial charge is 0.392 e. The van der Waals surface area contributed by atoms with E-state index in [1.54, 1.807) is 0 Å². The van der Waals surface area contributed by atoms with E-state index in [-0.39, 0.29) is 29.7 Å². The van der Waals surface area contributed by atoms with Gasteiger partial charge in [-0.05, 0) is 32.3 Å². The van der Waals surface area contributed by atoms with Gasteiger partial charge in [0.05, 0.1) is 18.2 Å². The zero-order valence-electron chi connectivity index (χ0n) is 14.6. The first-order valence-electron chi connectivity index (χ1n) is 8.97. The fraction of sp³-hybridized carbons (Fsp3) is 0.632. The Hall–Kier alpha value is -1.59. The molecule has 5 heteroatoms. The molecular weight excluding hydrogens is 304 g/mol. The van der Waals surface area contributed by atoms with Gasteiger partial charge in [0, 0.05) is 31.5 Å². The monoisotopic (exact) mass is 332 g/mol. The summed E-state index contributed by atoms with van der Waals surface area (Å²) in [4.78, 5) is 14.4. The maximum Gasteiger partial charge on any atom is 0.317 e. The molecule has 132 valence electrons. The summed E-state index contributed by atoms with van der Waals surface area (Å²) in [7, 11) is 0. The molecular formula is C19H28N2O3. The zero-order valence-corrected chi connectivity index (χ0v) is 14.6. The Labute approximate surface area is 144 Å². The van der Waals surface area contributed by atoms with E-state index in [0.717, 1.165) is 24.8 Å². The van der Waals surface area contributed by atoms with Crippen LogP contribution >= 0.6 is 0 Å². The van der Waals surface area contributed by atoms with E-state index in [2.05, 4.69) is 5.32 Å².